The number of primary amides is 1. The number of nitrogens with two attached hydrogens (primary N) is 1. The molecular weight excluding hydrogens is 540 g/mol. The third kappa shape index (κ3) is 6.51. The fourth-order valence-electron chi connectivity index (χ4n) is 3.46. The molecule has 1 fully saturated rings. The molecule has 2 aliphatic rings. The molecule has 1 saturated heterocycles. The number of amides is 3. The first-order chi connectivity index (χ1) is 18.4. The molecule has 0 bridgehead atoms. The van der Waals surface area contributed by atoms with Crippen LogP contribution in [0.15, 0.2) is 39.2 Å². The molecule has 1 aromatic heterocycles. The number of oxime groups is 1. The van der Waals surface area contributed by atoms with Gasteiger partial charge < -0.3 is 39.3 Å². The van der Waals surface area contributed by atoms with E-state index in [0.29, 0.717) is 0 Å². The zero-order valence-electron chi connectivity index (χ0n) is 21.7. The Morgan fingerprint density at radius 1 is 1.28 bits per heavy atom. The summed E-state index contributed by atoms with van der Waals surface area (Å²) in [6.45, 7) is 3.85. The van der Waals surface area contributed by atoms with E-state index in [-0.39, 0.29) is 28.5 Å². The van der Waals surface area contributed by atoms with Crippen LogP contribution in [0.4, 0.5) is 4.79 Å². The molecule has 3 N–H and O–H groups in total. The van der Waals surface area contributed by atoms with Crippen molar-refractivity contribution in [1.29, 1.82) is 0 Å². The molecule has 16 heteroatoms. The Morgan fingerprint density at radius 3 is 2.59 bits per heavy atom. The molecule has 1 aromatic rings. The number of rotatable bonds is 11. The molecular formula is C23H28N4O11S. The summed E-state index contributed by atoms with van der Waals surface area (Å²) in [6, 6.07) is 2.00. The normalized spacial score (nSPS) is 19.9. The third-order valence-corrected chi connectivity index (χ3v) is 6.96. The summed E-state index contributed by atoms with van der Waals surface area (Å²) in [4.78, 5) is 68.5. The molecule has 212 valence electrons. The number of hydrogen-bond donors (Lipinski definition) is 2. The van der Waals surface area contributed by atoms with Crippen LogP contribution in [0, 0.1) is 0 Å². The lowest BCUT2D eigenvalue weighted by Gasteiger charge is -2.49. The molecule has 0 aromatic carbocycles. The molecule has 3 atom stereocenters. The number of nitrogens with zero attached hydrogens (tertiary/aromatic N) is 2. The molecule has 0 saturated carbocycles. The molecule has 3 rings (SSSR count). The quantitative estimate of drug-likeness (QED) is 0.121. The van der Waals surface area contributed by atoms with Gasteiger partial charge in [-0.05, 0) is 26.0 Å². The second-order valence-electron chi connectivity index (χ2n) is 8.61. The van der Waals surface area contributed by atoms with Gasteiger partial charge in [0.25, 0.3) is 11.8 Å². The van der Waals surface area contributed by atoms with Crippen LogP contribution in [0.5, 0.6) is 0 Å². The standard InChI is InChI=1S/C23H28N4O11S/c1-11(38-21(31)23(2,3)33-4)37-20(30)16-12(9-36-22(24)32)10-39-19-15(18(29)27(16)19)25-17(28)14(26-34-5)13-7-6-8-35-13/h6-8,11,15,19H,9-10H2,1-5H3,(H2,24,32)(H,25,28)/b26-14-/t11?,15-,19-/m1/s1. The van der Waals surface area contributed by atoms with Crippen molar-refractivity contribution in [2.24, 2.45) is 10.9 Å². The summed E-state index contributed by atoms with van der Waals surface area (Å²) in [5.74, 6) is -2.96. The largest absolute Gasteiger partial charge is 0.462 e. The minimum Gasteiger partial charge on any atom is -0.462 e. The van der Waals surface area contributed by atoms with E-state index in [4.69, 9.17) is 33.9 Å². The van der Waals surface area contributed by atoms with Crippen LogP contribution in [0.1, 0.15) is 26.5 Å². The van der Waals surface area contributed by atoms with Crippen LogP contribution >= 0.6 is 11.8 Å². The molecule has 2 aliphatic heterocycles. The van der Waals surface area contributed by atoms with Gasteiger partial charge in [-0.1, -0.05) is 5.16 Å². The molecule has 3 heterocycles. The van der Waals surface area contributed by atoms with E-state index in [1.54, 1.807) is 6.07 Å². The van der Waals surface area contributed by atoms with E-state index in [2.05, 4.69) is 10.5 Å². The van der Waals surface area contributed by atoms with Crippen LogP contribution in [0.2, 0.25) is 0 Å². The van der Waals surface area contributed by atoms with Gasteiger partial charge in [-0.3, -0.25) is 14.5 Å². The highest BCUT2D eigenvalue weighted by molar-refractivity contribution is 8.00. The van der Waals surface area contributed by atoms with Crippen molar-refractivity contribution in [3.63, 3.8) is 0 Å². The van der Waals surface area contributed by atoms with Gasteiger partial charge >= 0.3 is 18.0 Å². The van der Waals surface area contributed by atoms with Gasteiger partial charge in [-0.25, -0.2) is 14.4 Å². The lowest BCUT2D eigenvalue weighted by Crippen LogP contribution is -2.71. The highest BCUT2D eigenvalue weighted by Gasteiger charge is 2.55. The summed E-state index contributed by atoms with van der Waals surface area (Å²) in [5, 5.41) is 5.52. The third-order valence-electron chi connectivity index (χ3n) is 5.62. The summed E-state index contributed by atoms with van der Waals surface area (Å²) in [7, 11) is 2.56. The van der Waals surface area contributed by atoms with E-state index in [0.717, 1.165) is 4.90 Å². The highest BCUT2D eigenvalue weighted by atomic mass is 32.2. The number of carbonyl (C=O) groups excluding carboxylic acids is 5. The highest BCUT2D eigenvalue weighted by Crippen LogP contribution is 2.41. The number of thioether (sulfide) groups is 1. The van der Waals surface area contributed by atoms with Gasteiger partial charge in [-0.15, -0.1) is 11.8 Å². The summed E-state index contributed by atoms with van der Waals surface area (Å²) in [5.41, 5.74) is 3.57. The fourth-order valence-corrected chi connectivity index (χ4v) is 4.79. The number of carbonyl (C=O) groups is 5. The van der Waals surface area contributed by atoms with Gasteiger partial charge in [0.2, 0.25) is 12.0 Å². The Bertz CT molecular complexity index is 1190. The number of ether oxygens (including phenoxy) is 4. The maximum absolute atomic E-state index is 13.2. The Morgan fingerprint density at radius 2 is 2.00 bits per heavy atom. The number of furan rings is 1. The van der Waals surface area contributed by atoms with Crippen molar-refractivity contribution in [1.82, 2.24) is 10.2 Å². The first-order valence-electron chi connectivity index (χ1n) is 11.4. The Kier molecular flexibility index (Phi) is 9.24. The smallest absolute Gasteiger partial charge is 0.404 e. The van der Waals surface area contributed by atoms with Crippen LogP contribution in [-0.4, -0.2) is 90.3 Å². The molecule has 15 nitrogen and oxygen atoms in total. The zero-order valence-corrected chi connectivity index (χ0v) is 22.6. The summed E-state index contributed by atoms with van der Waals surface area (Å²) in [6.07, 6.45) is -1.10. The van der Waals surface area contributed by atoms with E-state index >= 15 is 0 Å². The monoisotopic (exact) mass is 568 g/mol. The predicted octanol–water partition coefficient (Wildman–Crippen LogP) is 0.237. The Balaban J connectivity index is 1.79. The molecule has 0 aliphatic carbocycles. The first kappa shape index (κ1) is 29.5. The van der Waals surface area contributed by atoms with Crippen LogP contribution in [-0.2, 0) is 43.0 Å². The molecule has 0 spiro atoms. The van der Waals surface area contributed by atoms with E-state index < -0.39 is 59.8 Å². The lowest BCUT2D eigenvalue weighted by atomic mass is 10.0. The topological polar surface area (TPSA) is 198 Å². The van der Waals surface area contributed by atoms with Crippen molar-refractivity contribution in [2.75, 3.05) is 26.6 Å². The zero-order chi connectivity index (χ0) is 28.9. The number of β-lactam (4-membered cyclic amide) rings is 1. The maximum Gasteiger partial charge on any atom is 0.404 e. The minimum absolute atomic E-state index is 0.115. The van der Waals surface area contributed by atoms with Gasteiger partial charge in [0, 0.05) is 25.4 Å². The fraction of sp³-hybridized carbons (Fsp3) is 0.478. The lowest BCUT2D eigenvalue weighted by molar-refractivity contribution is -0.197. The summed E-state index contributed by atoms with van der Waals surface area (Å²) < 4.78 is 25.5. The Hall–Kier alpha value is -4.05. The molecule has 1 unspecified atom stereocenters. The van der Waals surface area contributed by atoms with Crippen molar-refractivity contribution < 1.29 is 52.2 Å². The van der Waals surface area contributed by atoms with E-state index in [1.165, 1.54) is 59.1 Å². The van der Waals surface area contributed by atoms with E-state index in [9.17, 15) is 24.0 Å². The number of hydrogen-bond acceptors (Lipinski definition) is 13. The number of fused-ring (bicyclic) bond motifs is 1. The van der Waals surface area contributed by atoms with E-state index in [1.807, 2.05) is 0 Å². The average molecular weight is 569 g/mol. The van der Waals surface area contributed by atoms with Gasteiger partial charge in [0.1, 0.15) is 30.8 Å². The first-order valence-corrected chi connectivity index (χ1v) is 12.5. The van der Waals surface area contributed by atoms with Crippen molar-refractivity contribution in [2.45, 2.75) is 44.1 Å². The summed E-state index contributed by atoms with van der Waals surface area (Å²) >= 11 is 1.20. The van der Waals surface area contributed by atoms with Crippen LogP contribution < -0.4 is 11.1 Å². The SMILES string of the molecule is CO/N=C(\C(=O)N[C@@H]1C(=O)N2C(C(=O)OC(C)OC(=O)C(C)(C)OC)=C(COC(N)=O)CS[C@H]12)c1ccco1. The van der Waals surface area contributed by atoms with Crippen LogP contribution in [0.3, 0.4) is 0 Å². The van der Waals surface area contributed by atoms with Gasteiger partial charge in [0.05, 0.1) is 6.26 Å². The van der Waals surface area contributed by atoms with Crippen molar-refractivity contribution in [3.05, 3.63) is 35.4 Å². The number of methoxy groups -OCH3 is 1. The number of nitrogens with one attached hydrogen (secondary N) is 1. The molecule has 3 amide bonds. The van der Waals surface area contributed by atoms with Gasteiger partial charge in [0.15, 0.2) is 11.4 Å². The van der Waals surface area contributed by atoms with Crippen molar-refractivity contribution in [3.8, 4) is 0 Å². The molecule has 39 heavy (non-hydrogen) atoms. The minimum atomic E-state index is -1.36. The molecule has 0 radical (unpaired) electrons. The van der Waals surface area contributed by atoms with Gasteiger partial charge in [-0.2, -0.15) is 0 Å². The average Bonchev–Trinajstić information content (AvgIpc) is 3.42. The van der Waals surface area contributed by atoms with Crippen LogP contribution in [0.25, 0.3) is 0 Å². The number of esters is 2. The second kappa shape index (κ2) is 12.2. The Labute approximate surface area is 226 Å². The maximum atomic E-state index is 13.2. The van der Waals surface area contributed by atoms with Crippen molar-refractivity contribution >= 4 is 47.3 Å². The predicted molar refractivity (Wildman–Crippen MR) is 133 cm³/mol. The second-order valence-corrected chi connectivity index (χ2v) is 9.72.